The minimum absolute atomic E-state index is 0.422. The highest BCUT2D eigenvalue weighted by molar-refractivity contribution is 5.79. The average molecular weight is 228 g/mol. The van der Waals surface area contributed by atoms with E-state index in [2.05, 4.69) is 43.4 Å². The first-order chi connectivity index (χ1) is 7.60. The predicted octanol–water partition coefficient (Wildman–Crippen LogP) is 2.02. The van der Waals surface area contributed by atoms with Gasteiger partial charge in [0.2, 0.25) is 5.96 Å². The lowest BCUT2D eigenvalue weighted by Crippen LogP contribution is -2.45. The summed E-state index contributed by atoms with van der Waals surface area (Å²) in [5.41, 5.74) is 2.61. The molecule has 0 heterocycles. The molecule has 0 aromatic carbocycles. The van der Waals surface area contributed by atoms with Gasteiger partial charge in [-0.2, -0.15) is 0 Å². The summed E-state index contributed by atoms with van der Waals surface area (Å²) in [5, 5.41) is 3.29. The van der Waals surface area contributed by atoms with E-state index in [4.69, 9.17) is 5.84 Å². The van der Waals surface area contributed by atoms with Gasteiger partial charge in [-0.25, -0.2) is 5.84 Å². The first kappa shape index (κ1) is 15.2. The Bertz CT molecular complexity index is 189. The Morgan fingerprint density at radius 1 is 1.25 bits per heavy atom. The van der Waals surface area contributed by atoms with Crippen LogP contribution in [-0.2, 0) is 0 Å². The Balaban J connectivity index is 3.78. The van der Waals surface area contributed by atoms with Crippen molar-refractivity contribution >= 4 is 5.96 Å². The summed E-state index contributed by atoms with van der Waals surface area (Å²) in [6.45, 7) is 9.59. The van der Waals surface area contributed by atoms with E-state index in [1.165, 1.54) is 12.8 Å². The second-order valence-corrected chi connectivity index (χ2v) is 4.74. The highest BCUT2D eigenvalue weighted by atomic mass is 15.3. The van der Waals surface area contributed by atoms with Crippen LogP contribution in [0, 0.1) is 5.92 Å². The van der Waals surface area contributed by atoms with Crippen molar-refractivity contribution in [3.05, 3.63) is 0 Å². The van der Waals surface area contributed by atoms with E-state index in [9.17, 15) is 0 Å². The van der Waals surface area contributed by atoms with Crippen molar-refractivity contribution in [3.63, 3.8) is 0 Å². The molecule has 0 saturated carbocycles. The SMILES string of the molecule is CCCN=C(NN)NC(C)CCCC(C)C. The van der Waals surface area contributed by atoms with Crippen LogP contribution in [0.4, 0.5) is 0 Å². The average Bonchev–Trinajstić information content (AvgIpc) is 2.23. The molecular weight excluding hydrogens is 200 g/mol. The Morgan fingerprint density at radius 3 is 2.44 bits per heavy atom. The second-order valence-electron chi connectivity index (χ2n) is 4.74. The molecule has 0 aromatic rings. The van der Waals surface area contributed by atoms with Gasteiger partial charge >= 0.3 is 0 Å². The Hall–Kier alpha value is -0.770. The number of nitrogens with two attached hydrogens (primary N) is 1. The molecule has 0 saturated heterocycles. The molecule has 0 aliphatic carbocycles. The Morgan fingerprint density at radius 2 is 1.94 bits per heavy atom. The van der Waals surface area contributed by atoms with Crippen molar-refractivity contribution in [2.45, 2.75) is 59.4 Å². The van der Waals surface area contributed by atoms with Gasteiger partial charge in [0.15, 0.2) is 0 Å². The molecule has 4 nitrogen and oxygen atoms in total. The molecule has 0 aromatic heterocycles. The van der Waals surface area contributed by atoms with Crippen LogP contribution in [0.15, 0.2) is 4.99 Å². The Labute approximate surface area is 100 Å². The second kappa shape index (κ2) is 9.46. The third kappa shape index (κ3) is 8.53. The fraction of sp³-hybridized carbons (Fsp3) is 0.917. The maximum absolute atomic E-state index is 5.40. The van der Waals surface area contributed by atoms with Crippen molar-refractivity contribution in [1.82, 2.24) is 10.7 Å². The number of guanidine groups is 1. The molecule has 1 atom stereocenters. The summed E-state index contributed by atoms with van der Waals surface area (Å²) < 4.78 is 0. The van der Waals surface area contributed by atoms with Crippen LogP contribution >= 0.6 is 0 Å². The minimum atomic E-state index is 0.422. The summed E-state index contributed by atoms with van der Waals surface area (Å²) in [6, 6.07) is 0.422. The van der Waals surface area contributed by atoms with Gasteiger partial charge in [0.25, 0.3) is 0 Å². The van der Waals surface area contributed by atoms with Crippen LogP contribution in [-0.4, -0.2) is 18.5 Å². The lowest BCUT2D eigenvalue weighted by Gasteiger charge is -2.16. The van der Waals surface area contributed by atoms with E-state index >= 15 is 0 Å². The number of aliphatic imine (C=N–C) groups is 1. The van der Waals surface area contributed by atoms with Gasteiger partial charge in [0, 0.05) is 12.6 Å². The van der Waals surface area contributed by atoms with Gasteiger partial charge < -0.3 is 5.32 Å². The van der Waals surface area contributed by atoms with Crippen molar-refractivity contribution in [2.24, 2.45) is 16.8 Å². The molecule has 4 heteroatoms. The quantitative estimate of drug-likeness (QED) is 0.270. The van der Waals surface area contributed by atoms with Gasteiger partial charge in [0.1, 0.15) is 0 Å². The smallest absolute Gasteiger partial charge is 0.205 e. The Kier molecular flexibility index (Phi) is 9.00. The van der Waals surface area contributed by atoms with Gasteiger partial charge in [-0.1, -0.05) is 33.6 Å². The normalized spacial score (nSPS) is 14.0. The van der Waals surface area contributed by atoms with Crippen LogP contribution in [0.1, 0.15) is 53.4 Å². The van der Waals surface area contributed by atoms with Crippen molar-refractivity contribution < 1.29 is 0 Å². The number of nitrogens with one attached hydrogen (secondary N) is 2. The lowest BCUT2D eigenvalue weighted by molar-refractivity contribution is 0.491. The predicted molar refractivity (Wildman–Crippen MR) is 71.2 cm³/mol. The minimum Gasteiger partial charge on any atom is -0.353 e. The van der Waals surface area contributed by atoms with E-state index in [0.29, 0.717) is 12.0 Å². The maximum Gasteiger partial charge on any atom is 0.205 e. The van der Waals surface area contributed by atoms with E-state index in [1.807, 2.05) is 0 Å². The van der Waals surface area contributed by atoms with E-state index in [0.717, 1.165) is 25.3 Å². The van der Waals surface area contributed by atoms with Crippen molar-refractivity contribution in [1.29, 1.82) is 0 Å². The van der Waals surface area contributed by atoms with Crippen molar-refractivity contribution in [2.75, 3.05) is 6.54 Å². The summed E-state index contributed by atoms with van der Waals surface area (Å²) in [5.74, 6) is 6.89. The molecule has 0 rings (SSSR count). The van der Waals surface area contributed by atoms with Gasteiger partial charge in [0.05, 0.1) is 0 Å². The molecule has 0 aliphatic rings. The topological polar surface area (TPSA) is 62.4 Å². The highest BCUT2D eigenvalue weighted by Gasteiger charge is 2.04. The zero-order valence-corrected chi connectivity index (χ0v) is 11.2. The molecule has 0 spiro atoms. The first-order valence-electron chi connectivity index (χ1n) is 6.37. The molecule has 1 unspecified atom stereocenters. The number of hydrogen-bond donors (Lipinski definition) is 3. The molecule has 0 fully saturated rings. The first-order valence-corrected chi connectivity index (χ1v) is 6.37. The number of nitrogens with zero attached hydrogens (tertiary/aromatic N) is 1. The number of rotatable bonds is 7. The van der Waals surface area contributed by atoms with E-state index in [1.54, 1.807) is 0 Å². The van der Waals surface area contributed by atoms with Crippen LogP contribution in [0.2, 0.25) is 0 Å². The zero-order chi connectivity index (χ0) is 12.4. The van der Waals surface area contributed by atoms with Gasteiger partial charge in [-0.05, 0) is 25.7 Å². The summed E-state index contributed by atoms with van der Waals surface area (Å²) >= 11 is 0. The lowest BCUT2D eigenvalue weighted by atomic mass is 10.0. The summed E-state index contributed by atoms with van der Waals surface area (Å²) in [6.07, 6.45) is 4.72. The molecule has 0 bridgehead atoms. The van der Waals surface area contributed by atoms with E-state index in [-0.39, 0.29) is 0 Å². The van der Waals surface area contributed by atoms with Crippen LogP contribution in [0.25, 0.3) is 0 Å². The van der Waals surface area contributed by atoms with Gasteiger partial charge in [-0.15, -0.1) is 0 Å². The molecule has 4 N–H and O–H groups in total. The van der Waals surface area contributed by atoms with Crippen LogP contribution < -0.4 is 16.6 Å². The van der Waals surface area contributed by atoms with Crippen LogP contribution in [0.3, 0.4) is 0 Å². The standard InChI is InChI=1S/C12H28N4/c1-5-9-14-12(16-13)15-11(4)8-6-7-10(2)3/h10-11H,5-9,13H2,1-4H3,(H2,14,15,16). The zero-order valence-electron chi connectivity index (χ0n) is 11.2. The molecule has 0 radical (unpaired) electrons. The third-order valence-electron chi connectivity index (χ3n) is 2.43. The van der Waals surface area contributed by atoms with Gasteiger partial charge in [-0.3, -0.25) is 10.4 Å². The van der Waals surface area contributed by atoms with Crippen LogP contribution in [0.5, 0.6) is 0 Å². The molecular formula is C12H28N4. The summed E-state index contributed by atoms with van der Waals surface area (Å²) in [7, 11) is 0. The van der Waals surface area contributed by atoms with E-state index < -0.39 is 0 Å². The van der Waals surface area contributed by atoms with Crippen molar-refractivity contribution in [3.8, 4) is 0 Å². The largest absolute Gasteiger partial charge is 0.353 e. The third-order valence-corrected chi connectivity index (χ3v) is 2.43. The molecule has 0 amide bonds. The summed E-state index contributed by atoms with van der Waals surface area (Å²) in [4.78, 5) is 4.31. The monoisotopic (exact) mass is 228 g/mol. The number of hydrogen-bond acceptors (Lipinski definition) is 2. The maximum atomic E-state index is 5.40. The fourth-order valence-electron chi connectivity index (χ4n) is 1.49. The fourth-order valence-corrected chi connectivity index (χ4v) is 1.49. The molecule has 96 valence electrons. The highest BCUT2D eigenvalue weighted by Crippen LogP contribution is 2.07. The number of hydrazine groups is 1. The molecule has 0 aliphatic heterocycles. The molecule has 16 heavy (non-hydrogen) atoms.